The van der Waals surface area contributed by atoms with Gasteiger partial charge in [0.2, 0.25) is 5.91 Å². The number of aryl methyl sites for hydroxylation is 1. The second-order valence-corrected chi connectivity index (χ2v) is 13.0. The number of nitrogens with zero attached hydrogens (tertiary/aromatic N) is 3. The van der Waals surface area contributed by atoms with Crippen LogP contribution in [-0.4, -0.2) is 15.5 Å². The van der Waals surface area contributed by atoms with E-state index in [0.717, 1.165) is 35.6 Å². The van der Waals surface area contributed by atoms with Crippen LogP contribution in [0, 0.1) is 5.82 Å². The highest BCUT2D eigenvalue weighted by molar-refractivity contribution is 8.00. The van der Waals surface area contributed by atoms with Crippen molar-refractivity contribution in [3.05, 3.63) is 112 Å². The van der Waals surface area contributed by atoms with Crippen molar-refractivity contribution >= 4 is 40.8 Å². The lowest BCUT2D eigenvalue weighted by molar-refractivity contribution is -0.119. The summed E-state index contributed by atoms with van der Waals surface area (Å²) in [5.74, 6) is 0.340. The van der Waals surface area contributed by atoms with Gasteiger partial charge in [0.1, 0.15) is 11.6 Å². The number of imidazole rings is 1. The Morgan fingerprint density at radius 1 is 1.20 bits per heavy atom. The Kier molecular flexibility index (Phi) is 8.76. The maximum absolute atomic E-state index is 13.9. The minimum absolute atomic E-state index is 0.0268. The van der Waals surface area contributed by atoms with Gasteiger partial charge in [-0.3, -0.25) is 4.79 Å². The van der Waals surface area contributed by atoms with Gasteiger partial charge in [0.15, 0.2) is 0 Å². The van der Waals surface area contributed by atoms with E-state index in [-0.39, 0.29) is 34.7 Å². The summed E-state index contributed by atoms with van der Waals surface area (Å²) in [4.78, 5) is 20.3. The molecule has 0 saturated carbocycles. The second kappa shape index (κ2) is 12.3. The van der Waals surface area contributed by atoms with E-state index in [1.54, 1.807) is 24.2 Å². The summed E-state index contributed by atoms with van der Waals surface area (Å²) in [6.45, 7) is 6.89. The second-order valence-electron chi connectivity index (χ2n) is 11.5. The van der Waals surface area contributed by atoms with Crippen LogP contribution in [0.5, 0.6) is 0 Å². The Hall–Kier alpha value is -3.29. The summed E-state index contributed by atoms with van der Waals surface area (Å²) >= 11 is 7.89. The van der Waals surface area contributed by atoms with Crippen LogP contribution in [0.3, 0.4) is 0 Å². The molecule has 41 heavy (non-hydrogen) atoms. The molecule has 3 aromatic carbocycles. The van der Waals surface area contributed by atoms with Gasteiger partial charge in [0, 0.05) is 47.5 Å². The van der Waals surface area contributed by atoms with Crippen molar-refractivity contribution in [1.82, 2.24) is 9.55 Å². The molecule has 1 aromatic heterocycles. The van der Waals surface area contributed by atoms with E-state index in [2.05, 4.69) is 41.8 Å². The third kappa shape index (κ3) is 6.79. The number of halogens is 2. The molecule has 2 atom stereocenters. The highest BCUT2D eigenvalue weighted by atomic mass is 35.5. The molecular weight excluding hydrogens is 555 g/mol. The average molecular weight is 591 g/mol. The van der Waals surface area contributed by atoms with Crippen molar-refractivity contribution in [3.8, 4) is 0 Å². The van der Waals surface area contributed by atoms with Gasteiger partial charge in [-0.15, -0.1) is 0 Å². The lowest BCUT2D eigenvalue weighted by Crippen LogP contribution is -2.33. The Balaban J connectivity index is 1.46. The molecule has 5 rings (SSSR count). The molecule has 1 aliphatic rings. The number of hydrogen-bond acceptors (Lipinski definition) is 4. The number of aromatic nitrogens is 2. The summed E-state index contributed by atoms with van der Waals surface area (Å²) in [7, 11) is 1.93. The van der Waals surface area contributed by atoms with Crippen LogP contribution < -0.4 is 9.62 Å². The van der Waals surface area contributed by atoms with Crippen molar-refractivity contribution < 1.29 is 9.18 Å². The van der Waals surface area contributed by atoms with Gasteiger partial charge < -0.3 is 14.2 Å². The van der Waals surface area contributed by atoms with Crippen LogP contribution in [-0.2, 0) is 23.8 Å². The molecule has 0 fully saturated rings. The van der Waals surface area contributed by atoms with Crippen LogP contribution in [0.25, 0.3) is 0 Å². The van der Waals surface area contributed by atoms with Crippen molar-refractivity contribution in [1.29, 1.82) is 0 Å². The zero-order chi connectivity index (χ0) is 29.1. The number of hydrogen-bond donors (Lipinski definition) is 1. The molecule has 214 valence electrons. The average Bonchev–Trinajstić information content (AvgIpc) is 3.35. The normalized spacial score (nSPS) is 16.6. The standard InChI is InChI=1S/C33H36ClFN4OS/c1-22(23-7-5-9-25(35)18-23)17-32(40)39(21-31-36-15-16-38(31)4)27-11-12-29-28(20-27)30(13-14-33(29,2)3)41-37-26-10-6-8-24(34)19-26/h5-12,15-16,18-20,22,30,37H,13-14,17,21H2,1-4H3/t22-,30?/m0/s1. The number of fused-ring (bicyclic) bond motifs is 1. The number of carbonyl (C=O) groups excluding carboxylic acids is 1. The first-order chi connectivity index (χ1) is 19.6. The lowest BCUT2D eigenvalue weighted by Gasteiger charge is -2.38. The minimum atomic E-state index is -0.293. The van der Waals surface area contributed by atoms with Gasteiger partial charge in [-0.1, -0.05) is 56.6 Å². The topological polar surface area (TPSA) is 50.2 Å². The van der Waals surface area contributed by atoms with E-state index in [1.165, 1.54) is 23.3 Å². The van der Waals surface area contributed by atoms with Gasteiger partial charge in [-0.05, 0) is 95.3 Å². The molecule has 1 heterocycles. The molecule has 0 bridgehead atoms. The molecule has 4 aromatic rings. The number of carbonyl (C=O) groups is 1. The van der Waals surface area contributed by atoms with E-state index < -0.39 is 0 Å². The summed E-state index contributed by atoms with van der Waals surface area (Å²) in [5.41, 5.74) is 5.18. The van der Waals surface area contributed by atoms with Crippen LogP contribution in [0.2, 0.25) is 5.02 Å². The van der Waals surface area contributed by atoms with E-state index in [0.29, 0.717) is 11.6 Å². The molecule has 1 N–H and O–H groups in total. The van der Waals surface area contributed by atoms with E-state index >= 15 is 0 Å². The Morgan fingerprint density at radius 2 is 2.00 bits per heavy atom. The van der Waals surface area contributed by atoms with Crippen molar-refractivity contribution in [2.75, 3.05) is 9.62 Å². The van der Waals surface area contributed by atoms with Crippen LogP contribution in [0.1, 0.15) is 73.7 Å². The minimum Gasteiger partial charge on any atom is -0.337 e. The molecule has 5 nitrogen and oxygen atoms in total. The smallest absolute Gasteiger partial charge is 0.228 e. The third-order valence-electron chi connectivity index (χ3n) is 8.02. The third-order valence-corrected chi connectivity index (χ3v) is 9.38. The fourth-order valence-corrected chi connectivity index (χ4v) is 6.67. The van der Waals surface area contributed by atoms with Gasteiger partial charge in [-0.25, -0.2) is 9.37 Å². The predicted molar refractivity (Wildman–Crippen MR) is 168 cm³/mol. The van der Waals surface area contributed by atoms with Gasteiger partial charge in [-0.2, -0.15) is 0 Å². The fraction of sp³-hybridized carbons (Fsp3) is 0.333. The van der Waals surface area contributed by atoms with Crippen LogP contribution in [0.15, 0.2) is 79.1 Å². The van der Waals surface area contributed by atoms with Gasteiger partial charge >= 0.3 is 0 Å². The van der Waals surface area contributed by atoms with Crippen LogP contribution in [0.4, 0.5) is 15.8 Å². The monoisotopic (exact) mass is 590 g/mol. The molecule has 0 radical (unpaired) electrons. The highest BCUT2D eigenvalue weighted by Crippen LogP contribution is 2.48. The van der Waals surface area contributed by atoms with Gasteiger partial charge in [0.25, 0.3) is 0 Å². The van der Waals surface area contributed by atoms with E-state index in [1.807, 2.05) is 60.0 Å². The maximum atomic E-state index is 13.9. The largest absolute Gasteiger partial charge is 0.337 e. The zero-order valence-electron chi connectivity index (χ0n) is 23.9. The summed E-state index contributed by atoms with van der Waals surface area (Å²) in [6.07, 6.45) is 5.96. The molecule has 1 amide bonds. The van der Waals surface area contributed by atoms with E-state index in [9.17, 15) is 9.18 Å². The quantitative estimate of drug-likeness (QED) is 0.198. The maximum Gasteiger partial charge on any atom is 0.228 e. The van der Waals surface area contributed by atoms with Crippen molar-refractivity contribution in [2.24, 2.45) is 7.05 Å². The summed E-state index contributed by atoms with van der Waals surface area (Å²) in [6, 6.07) is 20.7. The fourth-order valence-electron chi connectivity index (χ4n) is 5.51. The van der Waals surface area contributed by atoms with Gasteiger partial charge in [0.05, 0.1) is 6.54 Å². The first-order valence-electron chi connectivity index (χ1n) is 13.9. The summed E-state index contributed by atoms with van der Waals surface area (Å²) in [5, 5.41) is 0.896. The molecule has 1 unspecified atom stereocenters. The number of benzene rings is 3. The first-order valence-corrected chi connectivity index (χ1v) is 15.2. The van der Waals surface area contributed by atoms with Crippen molar-refractivity contribution in [2.45, 2.75) is 63.2 Å². The molecule has 0 aliphatic heterocycles. The number of rotatable bonds is 9. The Bertz CT molecular complexity index is 1540. The van der Waals surface area contributed by atoms with Crippen LogP contribution >= 0.6 is 23.5 Å². The SMILES string of the molecule is C[C@@H](CC(=O)N(Cc1nccn1C)c1ccc2c(c1)C(SNc1cccc(Cl)c1)CCC2(C)C)c1cccc(F)c1. The number of nitrogens with one attached hydrogen (secondary N) is 1. The molecule has 0 spiro atoms. The molecule has 8 heteroatoms. The zero-order valence-corrected chi connectivity index (χ0v) is 25.5. The number of amides is 1. The molecule has 0 saturated heterocycles. The Labute approximate surface area is 251 Å². The van der Waals surface area contributed by atoms with E-state index in [4.69, 9.17) is 11.6 Å². The number of anilines is 2. The summed E-state index contributed by atoms with van der Waals surface area (Å²) < 4.78 is 19.3. The van der Waals surface area contributed by atoms with Crippen molar-refractivity contribution in [3.63, 3.8) is 0 Å². The molecule has 1 aliphatic carbocycles. The highest BCUT2D eigenvalue weighted by Gasteiger charge is 2.34. The first kappa shape index (κ1) is 29.2. The predicted octanol–water partition coefficient (Wildman–Crippen LogP) is 8.81. The lowest BCUT2D eigenvalue weighted by atomic mass is 9.72. The molecular formula is C33H36ClFN4OS. The Morgan fingerprint density at radius 3 is 2.73 bits per heavy atom.